The molecule has 23 heavy (non-hydrogen) atoms. The van der Waals surface area contributed by atoms with Crippen molar-refractivity contribution in [1.29, 1.82) is 0 Å². The van der Waals surface area contributed by atoms with Crippen LogP contribution in [0.25, 0.3) is 10.9 Å². The van der Waals surface area contributed by atoms with Gasteiger partial charge in [-0.05, 0) is 12.1 Å². The number of fused-ring (bicyclic) bond motifs is 1. The van der Waals surface area contributed by atoms with Gasteiger partial charge in [-0.25, -0.2) is 4.68 Å². The van der Waals surface area contributed by atoms with Crippen molar-refractivity contribution in [1.82, 2.24) is 15.1 Å². The summed E-state index contributed by atoms with van der Waals surface area (Å²) in [6, 6.07) is 7.16. The molecule has 7 heteroatoms. The maximum absolute atomic E-state index is 12.1. The molecular weight excluding hydrogens is 294 g/mol. The van der Waals surface area contributed by atoms with Gasteiger partial charge in [-0.1, -0.05) is 12.1 Å². The number of nitrogens with one attached hydrogen (secondary N) is 2. The normalized spacial score (nSPS) is 14.6. The number of hydrogen-bond donors (Lipinski definition) is 2. The molecule has 0 saturated heterocycles. The molecule has 1 aromatic carbocycles. The summed E-state index contributed by atoms with van der Waals surface area (Å²) in [4.78, 5) is 24.1. The summed E-state index contributed by atoms with van der Waals surface area (Å²) in [7, 11) is 0. The lowest BCUT2D eigenvalue weighted by molar-refractivity contribution is -0.121. The smallest absolute Gasteiger partial charge is 0.274 e. The standard InChI is InChI=1S/C16H17N5O2/c1-2-3-8-16(19-20-16)9-10-17-14(22)11-21-15(23)12-6-4-5-7-13(12)18-21/h1,4-7,18H,3,8-11H2,(H,17,22). The van der Waals surface area contributed by atoms with E-state index in [9.17, 15) is 9.59 Å². The Balaban J connectivity index is 1.52. The molecule has 1 aliphatic heterocycles. The average molecular weight is 311 g/mol. The molecule has 1 aromatic heterocycles. The lowest BCUT2D eigenvalue weighted by Crippen LogP contribution is -2.33. The fourth-order valence-electron chi connectivity index (χ4n) is 2.49. The second-order valence-corrected chi connectivity index (χ2v) is 5.54. The van der Waals surface area contributed by atoms with Crippen LogP contribution in [-0.2, 0) is 11.3 Å². The summed E-state index contributed by atoms with van der Waals surface area (Å²) < 4.78 is 1.31. The van der Waals surface area contributed by atoms with Crippen molar-refractivity contribution in [3.63, 3.8) is 0 Å². The number of aromatic nitrogens is 2. The van der Waals surface area contributed by atoms with Gasteiger partial charge in [0.2, 0.25) is 5.91 Å². The van der Waals surface area contributed by atoms with Gasteiger partial charge in [-0.2, -0.15) is 10.2 Å². The van der Waals surface area contributed by atoms with Gasteiger partial charge in [0.1, 0.15) is 6.54 Å². The first-order valence-electron chi connectivity index (χ1n) is 7.45. The van der Waals surface area contributed by atoms with E-state index in [2.05, 4.69) is 26.6 Å². The molecule has 1 amide bonds. The number of nitrogens with zero attached hydrogens (tertiary/aromatic N) is 3. The number of para-hydroxylation sites is 1. The van der Waals surface area contributed by atoms with E-state index in [1.165, 1.54) is 4.68 Å². The maximum atomic E-state index is 12.1. The van der Waals surface area contributed by atoms with E-state index in [4.69, 9.17) is 6.42 Å². The summed E-state index contributed by atoms with van der Waals surface area (Å²) in [6.45, 7) is 0.407. The topological polar surface area (TPSA) is 91.6 Å². The van der Waals surface area contributed by atoms with Crippen LogP contribution in [0.15, 0.2) is 39.3 Å². The Hall–Kier alpha value is -2.88. The van der Waals surface area contributed by atoms with Crippen LogP contribution in [0.1, 0.15) is 19.3 Å². The van der Waals surface area contributed by atoms with E-state index in [-0.39, 0.29) is 18.0 Å². The third-order valence-electron chi connectivity index (χ3n) is 3.86. The minimum Gasteiger partial charge on any atom is -0.354 e. The number of terminal acetylenes is 1. The minimum atomic E-state index is -0.405. The fourth-order valence-corrected chi connectivity index (χ4v) is 2.49. The summed E-state index contributed by atoms with van der Waals surface area (Å²) in [5, 5.41) is 14.3. The van der Waals surface area contributed by atoms with E-state index in [1.807, 2.05) is 6.07 Å². The van der Waals surface area contributed by atoms with Crippen LogP contribution in [0, 0.1) is 12.3 Å². The van der Waals surface area contributed by atoms with Gasteiger partial charge >= 0.3 is 0 Å². The highest BCUT2D eigenvalue weighted by atomic mass is 16.2. The molecule has 2 heterocycles. The van der Waals surface area contributed by atoms with Crippen LogP contribution in [0.5, 0.6) is 0 Å². The monoisotopic (exact) mass is 311 g/mol. The average Bonchev–Trinajstić information content (AvgIpc) is 3.25. The number of amides is 1. The van der Waals surface area contributed by atoms with Crippen LogP contribution in [-0.4, -0.2) is 27.9 Å². The number of rotatable bonds is 7. The Labute approximate surface area is 132 Å². The second-order valence-electron chi connectivity index (χ2n) is 5.54. The Bertz CT molecular complexity index is 849. The van der Waals surface area contributed by atoms with Gasteiger partial charge in [0.05, 0.1) is 10.9 Å². The summed E-state index contributed by atoms with van der Waals surface area (Å²) >= 11 is 0. The number of carbonyl (C=O) groups is 1. The Morgan fingerprint density at radius 1 is 1.35 bits per heavy atom. The van der Waals surface area contributed by atoms with Crippen molar-refractivity contribution in [2.24, 2.45) is 10.2 Å². The number of hydrogen-bond acceptors (Lipinski definition) is 4. The van der Waals surface area contributed by atoms with Crippen molar-refractivity contribution >= 4 is 16.8 Å². The summed E-state index contributed by atoms with van der Waals surface area (Å²) in [5.41, 5.74) is 0.111. The van der Waals surface area contributed by atoms with E-state index in [1.54, 1.807) is 18.2 Å². The molecule has 0 saturated carbocycles. The Morgan fingerprint density at radius 2 is 2.13 bits per heavy atom. The highest BCUT2D eigenvalue weighted by Gasteiger charge is 2.38. The molecule has 2 N–H and O–H groups in total. The van der Waals surface area contributed by atoms with Crippen LogP contribution >= 0.6 is 0 Å². The molecule has 0 fully saturated rings. The largest absolute Gasteiger partial charge is 0.354 e. The van der Waals surface area contributed by atoms with E-state index < -0.39 is 5.66 Å². The first-order valence-corrected chi connectivity index (χ1v) is 7.45. The Morgan fingerprint density at radius 3 is 2.83 bits per heavy atom. The van der Waals surface area contributed by atoms with Gasteiger partial charge in [0.25, 0.3) is 5.56 Å². The van der Waals surface area contributed by atoms with Gasteiger partial charge < -0.3 is 5.32 Å². The number of benzene rings is 1. The summed E-state index contributed by atoms with van der Waals surface area (Å²) in [5.74, 6) is 2.33. The predicted octanol–water partition coefficient (Wildman–Crippen LogP) is 1.41. The van der Waals surface area contributed by atoms with Crippen molar-refractivity contribution in [3.8, 4) is 12.3 Å². The molecule has 0 unspecified atom stereocenters. The molecule has 118 valence electrons. The molecule has 2 aromatic rings. The molecule has 0 aliphatic carbocycles. The Kier molecular flexibility index (Phi) is 3.98. The number of H-pyrrole nitrogens is 1. The third-order valence-corrected chi connectivity index (χ3v) is 3.86. The van der Waals surface area contributed by atoms with Crippen molar-refractivity contribution < 1.29 is 4.79 Å². The molecule has 1 aliphatic rings. The maximum Gasteiger partial charge on any atom is 0.274 e. The highest BCUT2D eigenvalue weighted by Crippen LogP contribution is 2.35. The zero-order valence-corrected chi connectivity index (χ0v) is 12.6. The SMILES string of the molecule is C#CCCC1(CCNC(=O)Cn2[nH]c3ccccc3c2=O)N=N1. The minimum absolute atomic E-state index is 0.0425. The first-order chi connectivity index (χ1) is 11.1. The first kappa shape index (κ1) is 15.0. The molecule has 0 bridgehead atoms. The third kappa shape index (κ3) is 3.31. The highest BCUT2D eigenvalue weighted by molar-refractivity contribution is 5.79. The van der Waals surface area contributed by atoms with Gasteiger partial charge in [-0.15, -0.1) is 12.3 Å². The van der Waals surface area contributed by atoms with Crippen molar-refractivity contribution in [2.45, 2.75) is 31.5 Å². The lowest BCUT2D eigenvalue weighted by atomic mass is 10.0. The fraction of sp³-hybridized carbons (Fsp3) is 0.375. The van der Waals surface area contributed by atoms with Gasteiger partial charge in [0, 0.05) is 25.8 Å². The van der Waals surface area contributed by atoms with E-state index in [0.717, 1.165) is 0 Å². The zero-order chi connectivity index (χ0) is 16.3. The molecule has 7 nitrogen and oxygen atoms in total. The van der Waals surface area contributed by atoms with Crippen LogP contribution in [0.3, 0.4) is 0 Å². The quantitative estimate of drug-likeness (QED) is 0.757. The molecule has 3 rings (SSSR count). The molecular formula is C16H17N5O2. The van der Waals surface area contributed by atoms with E-state index in [0.29, 0.717) is 36.7 Å². The van der Waals surface area contributed by atoms with E-state index >= 15 is 0 Å². The lowest BCUT2D eigenvalue weighted by Gasteiger charge is -2.09. The van der Waals surface area contributed by atoms with Crippen LogP contribution in [0.4, 0.5) is 0 Å². The zero-order valence-electron chi connectivity index (χ0n) is 12.6. The number of aromatic amines is 1. The van der Waals surface area contributed by atoms with Crippen LogP contribution < -0.4 is 10.9 Å². The predicted molar refractivity (Wildman–Crippen MR) is 85.8 cm³/mol. The van der Waals surface area contributed by atoms with Crippen LogP contribution in [0.2, 0.25) is 0 Å². The van der Waals surface area contributed by atoms with Gasteiger partial charge in [-0.3, -0.25) is 14.7 Å². The molecule has 0 spiro atoms. The number of carbonyl (C=O) groups excluding carboxylic acids is 1. The second kappa shape index (κ2) is 6.08. The van der Waals surface area contributed by atoms with Crippen molar-refractivity contribution in [2.75, 3.05) is 6.54 Å². The molecule has 0 atom stereocenters. The molecule has 0 radical (unpaired) electrons. The van der Waals surface area contributed by atoms with Gasteiger partial charge in [0.15, 0.2) is 5.66 Å². The van der Waals surface area contributed by atoms with Crippen molar-refractivity contribution in [3.05, 3.63) is 34.6 Å². The summed E-state index contributed by atoms with van der Waals surface area (Å²) in [6.07, 6.45) is 7.19.